The van der Waals surface area contributed by atoms with E-state index in [0.29, 0.717) is 6.04 Å². The fourth-order valence-electron chi connectivity index (χ4n) is 1.97. The SMILES string of the molecule is CCC(CC)N=Cc1cccc(Oc2ccccc2)c1. The van der Waals surface area contributed by atoms with Crippen LogP contribution in [0.1, 0.15) is 32.3 Å². The maximum Gasteiger partial charge on any atom is 0.128 e. The van der Waals surface area contributed by atoms with Crippen LogP contribution in [0, 0.1) is 0 Å². The first kappa shape index (κ1) is 14.3. The second-order valence-electron chi connectivity index (χ2n) is 4.74. The molecule has 20 heavy (non-hydrogen) atoms. The molecule has 0 unspecified atom stereocenters. The molecule has 0 aliphatic carbocycles. The molecule has 0 amide bonds. The average Bonchev–Trinajstić information content (AvgIpc) is 2.50. The maximum absolute atomic E-state index is 5.82. The summed E-state index contributed by atoms with van der Waals surface area (Å²) < 4.78 is 5.82. The molecule has 2 aromatic carbocycles. The van der Waals surface area contributed by atoms with Crippen molar-refractivity contribution < 1.29 is 4.74 Å². The lowest BCUT2D eigenvalue weighted by Crippen LogP contribution is -2.00. The smallest absolute Gasteiger partial charge is 0.128 e. The van der Waals surface area contributed by atoms with Gasteiger partial charge in [0.1, 0.15) is 11.5 Å². The second-order valence-corrected chi connectivity index (χ2v) is 4.74. The summed E-state index contributed by atoms with van der Waals surface area (Å²) in [6, 6.07) is 18.2. The summed E-state index contributed by atoms with van der Waals surface area (Å²) in [4.78, 5) is 4.60. The molecule has 0 spiro atoms. The molecule has 2 nitrogen and oxygen atoms in total. The maximum atomic E-state index is 5.82. The summed E-state index contributed by atoms with van der Waals surface area (Å²) in [5, 5.41) is 0. The molecule has 0 aliphatic heterocycles. The molecule has 0 bridgehead atoms. The van der Waals surface area contributed by atoms with E-state index in [-0.39, 0.29) is 0 Å². The van der Waals surface area contributed by atoms with Crippen molar-refractivity contribution in [2.24, 2.45) is 4.99 Å². The summed E-state index contributed by atoms with van der Waals surface area (Å²) in [5.74, 6) is 1.69. The van der Waals surface area contributed by atoms with Crippen molar-refractivity contribution in [3.8, 4) is 11.5 Å². The van der Waals surface area contributed by atoms with E-state index in [1.165, 1.54) is 0 Å². The van der Waals surface area contributed by atoms with E-state index < -0.39 is 0 Å². The number of hydrogen-bond acceptors (Lipinski definition) is 2. The van der Waals surface area contributed by atoms with Gasteiger partial charge in [0.2, 0.25) is 0 Å². The predicted molar refractivity (Wildman–Crippen MR) is 84.9 cm³/mol. The van der Waals surface area contributed by atoms with Crippen LogP contribution >= 0.6 is 0 Å². The zero-order valence-electron chi connectivity index (χ0n) is 12.1. The van der Waals surface area contributed by atoms with Crippen LogP contribution in [0.15, 0.2) is 59.6 Å². The first-order valence-corrected chi connectivity index (χ1v) is 7.18. The molecular formula is C18H21NO. The van der Waals surface area contributed by atoms with E-state index in [4.69, 9.17) is 4.74 Å². The third-order valence-corrected chi connectivity index (χ3v) is 3.21. The molecule has 0 aromatic heterocycles. The average molecular weight is 267 g/mol. The van der Waals surface area contributed by atoms with Crippen LogP contribution in [0.2, 0.25) is 0 Å². The lowest BCUT2D eigenvalue weighted by Gasteiger charge is -2.07. The minimum absolute atomic E-state index is 0.411. The number of benzene rings is 2. The standard InChI is InChI=1S/C18H21NO/c1-3-16(4-2)19-14-15-9-8-12-18(13-15)20-17-10-6-5-7-11-17/h5-14,16H,3-4H2,1-2H3. The first-order chi connectivity index (χ1) is 9.81. The molecule has 0 heterocycles. The number of aliphatic imine (C=N–C) groups is 1. The zero-order valence-corrected chi connectivity index (χ0v) is 12.1. The Bertz CT molecular complexity index is 544. The van der Waals surface area contributed by atoms with E-state index in [9.17, 15) is 0 Å². The fraction of sp³-hybridized carbons (Fsp3) is 0.278. The Balaban J connectivity index is 2.08. The van der Waals surface area contributed by atoms with Crippen LogP contribution in [0.25, 0.3) is 0 Å². The van der Waals surface area contributed by atoms with Crippen LogP contribution in [0.4, 0.5) is 0 Å². The van der Waals surface area contributed by atoms with Gasteiger partial charge < -0.3 is 4.74 Å². The Morgan fingerprint density at radius 2 is 1.65 bits per heavy atom. The third-order valence-electron chi connectivity index (χ3n) is 3.21. The zero-order chi connectivity index (χ0) is 14.2. The van der Waals surface area contributed by atoms with E-state index in [2.05, 4.69) is 18.8 Å². The van der Waals surface area contributed by atoms with Crippen LogP contribution in [0.5, 0.6) is 11.5 Å². The predicted octanol–water partition coefficient (Wildman–Crippen LogP) is 5.09. The number of rotatable bonds is 6. The molecule has 2 heteroatoms. The first-order valence-electron chi connectivity index (χ1n) is 7.18. The third kappa shape index (κ3) is 4.23. The highest BCUT2D eigenvalue weighted by molar-refractivity contribution is 5.80. The van der Waals surface area contributed by atoms with Gasteiger partial charge in [0.25, 0.3) is 0 Å². The molecule has 2 aromatic rings. The molecule has 0 atom stereocenters. The van der Waals surface area contributed by atoms with Gasteiger partial charge in [-0.05, 0) is 42.7 Å². The lowest BCUT2D eigenvalue weighted by molar-refractivity contribution is 0.482. The van der Waals surface area contributed by atoms with Crippen LogP contribution in [0.3, 0.4) is 0 Å². The van der Waals surface area contributed by atoms with E-state index in [1.807, 2.05) is 60.8 Å². The Kier molecular flexibility index (Phi) is 5.36. The van der Waals surface area contributed by atoms with Crippen molar-refractivity contribution in [3.05, 3.63) is 60.2 Å². The van der Waals surface area contributed by atoms with Crippen molar-refractivity contribution in [1.82, 2.24) is 0 Å². The molecular weight excluding hydrogens is 246 g/mol. The summed E-state index contributed by atoms with van der Waals surface area (Å²) in [5.41, 5.74) is 1.07. The molecule has 0 aliphatic rings. The Morgan fingerprint density at radius 3 is 2.35 bits per heavy atom. The molecule has 104 valence electrons. The van der Waals surface area contributed by atoms with E-state index >= 15 is 0 Å². The van der Waals surface area contributed by atoms with Crippen molar-refractivity contribution in [3.63, 3.8) is 0 Å². The van der Waals surface area contributed by atoms with Gasteiger partial charge in [-0.1, -0.05) is 44.2 Å². The van der Waals surface area contributed by atoms with Crippen molar-refractivity contribution in [2.45, 2.75) is 32.7 Å². The summed E-state index contributed by atoms with van der Waals surface area (Å²) >= 11 is 0. The number of hydrogen-bond donors (Lipinski definition) is 0. The van der Waals surface area contributed by atoms with Crippen LogP contribution < -0.4 is 4.74 Å². The van der Waals surface area contributed by atoms with Gasteiger partial charge in [-0.3, -0.25) is 4.99 Å². The van der Waals surface area contributed by atoms with Gasteiger partial charge in [0.15, 0.2) is 0 Å². The fourth-order valence-corrected chi connectivity index (χ4v) is 1.97. The molecule has 2 rings (SSSR count). The summed E-state index contributed by atoms with van der Waals surface area (Å²) in [7, 11) is 0. The van der Waals surface area contributed by atoms with Crippen molar-refractivity contribution in [1.29, 1.82) is 0 Å². The molecule has 0 saturated carbocycles. The highest BCUT2D eigenvalue weighted by atomic mass is 16.5. The normalized spacial score (nSPS) is 11.2. The molecule has 0 radical (unpaired) electrons. The van der Waals surface area contributed by atoms with Crippen LogP contribution in [-0.4, -0.2) is 12.3 Å². The van der Waals surface area contributed by atoms with Gasteiger partial charge in [0, 0.05) is 12.3 Å². The van der Waals surface area contributed by atoms with E-state index in [1.54, 1.807) is 0 Å². The number of nitrogens with zero attached hydrogens (tertiary/aromatic N) is 1. The minimum atomic E-state index is 0.411. The van der Waals surface area contributed by atoms with Gasteiger partial charge in [-0.2, -0.15) is 0 Å². The van der Waals surface area contributed by atoms with Crippen molar-refractivity contribution in [2.75, 3.05) is 0 Å². The lowest BCUT2D eigenvalue weighted by atomic mass is 10.2. The van der Waals surface area contributed by atoms with Gasteiger partial charge in [-0.25, -0.2) is 0 Å². The molecule has 0 saturated heterocycles. The van der Waals surface area contributed by atoms with Crippen LogP contribution in [-0.2, 0) is 0 Å². The second kappa shape index (κ2) is 7.49. The largest absolute Gasteiger partial charge is 0.457 e. The van der Waals surface area contributed by atoms with Gasteiger partial charge in [-0.15, -0.1) is 0 Å². The number of para-hydroxylation sites is 1. The Labute approximate surface area is 121 Å². The highest BCUT2D eigenvalue weighted by Crippen LogP contribution is 2.21. The van der Waals surface area contributed by atoms with Gasteiger partial charge >= 0.3 is 0 Å². The Hall–Kier alpha value is -2.09. The number of ether oxygens (including phenoxy) is 1. The van der Waals surface area contributed by atoms with Crippen molar-refractivity contribution >= 4 is 6.21 Å². The monoisotopic (exact) mass is 267 g/mol. The minimum Gasteiger partial charge on any atom is -0.457 e. The molecule has 0 N–H and O–H groups in total. The Morgan fingerprint density at radius 1 is 0.950 bits per heavy atom. The van der Waals surface area contributed by atoms with Gasteiger partial charge in [0.05, 0.1) is 0 Å². The molecule has 0 fully saturated rings. The quantitative estimate of drug-likeness (QED) is 0.668. The highest BCUT2D eigenvalue weighted by Gasteiger charge is 2.00. The van der Waals surface area contributed by atoms with E-state index in [0.717, 1.165) is 29.9 Å². The summed E-state index contributed by atoms with van der Waals surface area (Å²) in [6.07, 6.45) is 4.09. The summed E-state index contributed by atoms with van der Waals surface area (Å²) in [6.45, 7) is 4.33. The topological polar surface area (TPSA) is 21.6 Å².